The number of hydrogen-bond acceptors (Lipinski definition) is 5. The lowest BCUT2D eigenvalue weighted by molar-refractivity contribution is 0.664. The van der Waals surface area contributed by atoms with Crippen molar-refractivity contribution in [3.05, 3.63) is 57.6 Å². The molecule has 0 amide bonds. The minimum atomic E-state index is -0.437. The second-order valence-electron chi connectivity index (χ2n) is 5.44. The Labute approximate surface area is 141 Å². The lowest BCUT2D eigenvalue weighted by Gasteiger charge is -2.08. The molecule has 0 aliphatic rings. The second kappa shape index (κ2) is 5.35. The van der Waals surface area contributed by atoms with Crippen molar-refractivity contribution in [2.45, 2.75) is 6.92 Å². The molecule has 6 nitrogen and oxygen atoms in total. The quantitative estimate of drug-likeness (QED) is 0.604. The van der Waals surface area contributed by atoms with Gasteiger partial charge in [-0.05, 0) is 42.8 Å². The SMILES string of the molecule is CNc1nc(=O)n(-c2cc(C)ccn2)c2c1oc1ccc(Cl)cc12. The number of furan rings is 1. The molecule has 0 saturated heterocycles. The Morgan fingerprint density at radius 2 is 2.08 bits per heavy atom. The van der Waals surface area contributed by atoms with Gasteiger partial charge in [-0.3, -0.25) is 0 Å². The molecule has 4 rings (SSSR count). The van der Waals surface area contributed by atoms with Crippen LogP contribution in [-0.2, 0) is 0 Å². The van der Waals surface area contributed by atoms with Gasteiger partial charge in [0.05, 0.1) is 0 Å². The van der Waals surface area contributed by atoms with Gasteiger partial charge in [0.2, 0.25) is 0 Å². The molecule has 3 aromatic heterocycles. The first-order valence-electron chi connectivity index (χ1n) is 7.34. The lowest BCUT2D eigenvalue weighted by atomic mass is 10.2. The second-order valence-corrected chi connectivity index (χ2v) is 5.88. The molecule has 0 spiro atoms. The number of fused-ring (bicyclic) bond motifs is 3. The molecule has 120 valence electrons. The van der Waals surface area contributed by atoms with E-state index in [9.17, 15) is 4.79 Å². The average Bonchev–Trinajstić information content (AvgIpc) is 2.92. The number of halogens is 1. The predicted octanol–water partition coefficient (Wildman–Crippen LogP) is 3.53. The number of pyridine rings is 1. The van der Waals surface area contributed by atoms with Crippen molar-refractivity contribution >= 4 is 39.5 Å². The van der Waals surface area contributed by atoms with Crippen molar-refractivity contribution in [3.63, 3.8) is 0 Å². The predicted molar refractivity (Wildman–Crippen MR) is 94.2 cm³/mol. The molecule has 24 heavy (non-hydrogen) atoms. The zero-order valence-corrected chi connectivity index (χ0v) is 13.8. The van der Waals surface area contributed by atoms with Crippen molar-refractivity contribution < 1.29 is 4.42 Å². The maximum absolute atomic E-state index is 12.6. The van der Waals surface area contributed by atoms with E-state index in [1.165, 1.54) is 4.57 Å². The molecule has 3 heterocycles. The van der Waals surface area contributed by atoms with E-state index in [4.69, 9.17) is 16.0 Å². The molecular formula is C17H13ClN4O2. The van der Waals surface area contributed by atoms with Crippen LogP contribution in [0.15, 0.2) is 45.7 Å². The first kappa shape index (κ1) is 14.7. The Bertz CT molecular complexity index is 1150. The molecule has 7 heteroatoms. The Kier molecular flexibility index (Phi) is 3.28. The highest BCUT2D eigenvalue weighted by atomic mass is 35.5. The Balaban J connectivity index is 2.24. The number of benzene rings is 1. The molecule has 0 bridgehead atoms. The number of anilines is 1. The fourth-order valence-electron chi connectivity index (χ4n) is 2.76. The number of nitrogens with zero attached hydrogens (tertiary/aromatic N) is 3. The molecular weight excluding hydrogens is 328 g/mol. The van der Waals surface area contributed by atoms with Crippen LogP contribution in [0.4, 0.5) is 5.82 Å². The van der Waals surface area contributed by atoms with Crippen LogP contribution in [0.5, 0.6) is 0 Å². The van der Waals surface area contributed by atoms with Gasteiger partial charge in [-0.2, -0.15) is 4.98 Å². The summed E-state index contributed by atoms with van der Waals surface area (Å²) >= 11 is 6.14. The summed E-state index contributed by atoms with van der Waals surface area (Å²) in [6, 6.07) is 8.98. The van der Waals surface area contributed by atoms with Gasteiger partial charge in [-0.25, -0.2) is 14.3 Å². The molecule has 0 fully saturated rings. The van der Waals surface area contributed by atoms with E-state index in [2.05, 4.69) is 15.3 Å². The zero-order chi connectivity index (χ0) is 16.8. The summed E-state index contributed by atoms with van der Waals surface area (Å²) in [4.78, 5) is 21.0. The molecule has 0 unspecified atom stereocenters. The van der Waals surface area contributed by atoms with Crippen LogP contribution in [0.25, 0.3) is 27.9 Å². The minimum absolute atomic E-state index is 0.381. The number of aryl methyl sites for hydroxylation is 1. The topological polar surface area (TPSA) is 73.0 Å². The highest BCUT2D eigenvalue weighted by Gasteiger charge is 2.19. The zero-order valence-electron chi connectivity index (χ0n) is 13.0. The standard InChI is InChI=1S/C17H13ClN4O2/c1-9-5-6-20-13(7-9)22-14-11-8-10(18)3-4-12(11)24-15(14)16(19-2)21-17(22)23/h3-8H,1-2H3,(H,19,21,23). The third-order valence-corrected chi connectivity index (χ3v) is 4.06. The van der Waals surface area contributed by atoms with Gasteiger partial charge < -0.3 is 9.73 Å². The molecule has 0 saturated carbocycles. The van der Waals surface area contributed by atoms with Crippen LogP contribution < -0.4 is 11.0 Å². The van der Waals surface area contributed by atoms with E-state index < -0.39 is 5.69 Å². The Morgan fingerprint density at radius 1 is 1.25 bits per heavy atom. The Hall–Kier alpha value is -2.86. The van der Waals surface area contributed by atoms with Gasteiger partial charge in [0.1, 0.15) is 16.9 Å². The lowest BCUT2D eigenvalue weighted by Crippen LogP contribution is -2.23. The fraction of sp³-hybridized carbons (Fsp3) is 0.118. The summed E-state index contributed by atoms with van der Waals surface area (Å²) in [5.74, 6) is 0.869. The van der Waals surface area contributed by atoms with Crippen LogP contribution in [-0.4, -0.2) is 21.6 Å². The molecule has 0 aliphatic heterocycles. The average molecular weight is 341 g/mol. The smallest absolute Gasteiger partial charge is 0.356 e. The molecule has 1 aromatic carbocycles. The van der Waals surface area contributed by atoms with Crippen molar-refractivity contribution in [1.82, 2.24) is 14.5 Å². The van der Waals surface area contributed by atoms with E-state index >= 15 is 0 Å². The van der Waals surface area contributed by atoms with Crippen molar-refractivity contribution in [3.8, 4) is 5.82 Å². The first-order chi connectivity index (χ1) is 11.6. The highest BCUT2D eigenvalue weighted by Crippen LogP contribution is 2.33. The van der Waals surface area contributed by atoms with E-state index in [1.54, 1.807) is 31.4 Å². The van der Waals surface area contributed by atoms with Crippen LogP contribution in [0.2, 0.25) is 5.02 Å². The number of hydrogen-bond donors (Lipinski definition) is 1. The summed E-state index contributed by atoms with van der Waals surface area (Å²) in [5, 5.41) is 4.20. The molecule has 0 aliphatic carbocycles. The van der Waals surface area contributed by atoms with E-state index in [0.29, 0.717) is 33.3 Å². The fourth-order valence-corrected chi connectivity index (χ4v) is 2.93. The van der Waals surface area contributed by atoms with Crippen molar-refractivity contribution in [1.29, 1.82) is 0 Å². The highest BCUT2D eigenvalue weighted by molar-refractivity contribution is 6.31. The number of aromatic nitrogens is 3. The van der Waals surface area contributed by atoms with Crippen LogP contribution in [0.3, 0.4) is 0 Å². The summed E-state index contributed by atoms with van der Waals surface area (Å²) in [6.45, 7) is 1.94. The van der Waals surface area contributed by atoms with Gasteiger partial charge in [0.25, 0.3) is 0 Å². The summed E-state index contributed by atoms with van der Waals surface area (Å²) in [5.41, 5.74) is 2.25. The van der Waals surface area contributed by atoms with E-state index in [0.717, 1.165) is 10.9 Å². The van der Waals surface area contributed by atoms with Gasteiger partial charge in [-0.15, -0.1) is 0 Å². The van der Waals surface area contributed by atoms with E-state index in [1.807, 2.05) is 19.1 Å². The third kappa shape index (κ3) is 2.15. The summed E-state index contributed by atoms with van der Waals surface area (Å²) in [6.07, 6.45) is 1.66. The first-order valence-corrected chi connectivity index (χ1v) is 7.72. The number of nitrogens with one attached hydrogen (secondary N) is 1. The number of rotatable bonds is 2. The molecule has 1 N–H and O–H groups in total. The van der Waals surface area contributed by atoms with E-state index in [-0.39, 0.29) is 0 Å². The van der Waals surface area contributed by atoms with Crippen LogP contribution >= 0.6 is 11.6 Å². The summed E-state index contributed by atoms with van der Waals surface area (Å²) in [7, 11) is 1.69. The molecule has 0 atom stereocenters. The molecule has 0 radical (unpaired) electrons. The van der Waals surface area contributed by atoms with Gasteiger partial charge in [0.15, 0.2) is 11.4 Å². The minimum Gasteiger partial charge on any atom is -0.450 e. The van der Waals surface area contributed by atoms with Crippen molar-refractivity contribution in [2.24, 2.45) is 0 Å². The van der Waals surface area contributed by atoms with Gasteiger partial charge in [0, 0.05) is 23.7 Å². The largest absolute Gasteiger partial charge is 0.450 e. The monoisotopic (exact) mass is 340 g/mol. The maximum atomic E-state index is 12.6. The normalized spacial score (nSPS) is 11.3. The van der Waals surface area contributed by atoms with Gasteiger partial charge >= 0.3 is 5.69 Å². The Morgan fingerprint density at radius 3 is 2.83 bits per heavy atom. The van der Waals surface area contributed by atoms with Crippen molar-refractivity contribution in [2.75, 3.05) is 12.4 Å². The third-order valence-electron chi connectivity index (χ3n) is 3.83. The van der Waals surface area contributed by atoms with Gasteiger partial charge in [-0.1, -0.05) is 11.6 Å². The van der Waals surface area contributed by atoms with Crippen LogP contribution in [0, 0.1) is 6.92 Å². The molecule has 4 aromatic rings. The van der Waals surface area contributed by atoms with Crippen LogP contribution in [0.1, 0.15) is 5.56 Å². The maximum Gasteiger partial charge on any atom is 0.356 e. The summed E-state index contributed by atoms with van der Waals surface area (Å²) < 4.78 is 7.36.